The monoisotopic (exact) mass is 244 g/mol. The van der Waals surface area contributed by atoms with E-state index in [1.807, 2.05) is 26.4 Å². The third-order valence-electron chi connectivity index (χ3n) is 1.56. The van der Waals surface area contributed by atoms with Crippen LogP contribution in [0.3, 0.4) is 0 Å². The van der Waals surface area contributed by atoms with Crippen molar-refractivity contribution >= 4 is 15.9 Å². The predicted octanol–water partition coefficient (Wildman–Crippen LogP) is 1.91. The first-order valence-electron chi connectivity index (χ1n) is 3.96. The Balaban J connectivity index is 2.83. The van der Waals surface area contributed by atoms with E-state index in [9.17, 15) is 0 Å². The van der Waals surface area contributed by atoms with Gasteiger partial charge in [0, 0.05) is 12.7 Å². The average molecular weight is 245 g/mol. The third kappa shape index (κ3) is 2.97. The molecule has 1 rings (SSSR count). The summed E-state index contributed by atoms with van der Waals surface area (Å²) in [6, 6.07) is 2.02. The summed E-state index contributed by atoms with van der Waals surface area (Å²) >= 11 is 3.39. The van der Waals surface area contributed by atoms with Gasteiger partial charge in [-0.25, -0.2) is 4.98 Å². The lowest BCUT2D eigenvalue weighted by molar-refractivity contribution is 0.388. The number of nitrogens with zero attached hydrogens (tertiary/aromatic N) is 2. The van der Waals surface area contributed by atoms with E-state index >= 15 is 0 Å². The molecule has 1 aromatic heterocycles. The van der Waals surface area contributed by atoms with Crippen molar-refractivity contribution in [1.82, 2.24) is 9.88 Å². The number of rotatable bonds is 3. The largest absolute Gasteiger partial charge is 0.480 e. The highest BCUT2D eigenvalue weighted by Crippen LogP contribution is 2.22. The minimum atomic E-state index is 0.627. The van der Waals surface area contributed by atoms with Crippen LogP contribution in [-0.4, -0.2) is 31.1 Å². The maximum absolute atomic E-state index is 5.03. The highest BCUT2D eigenvalue weighted by atomic mass is 79.9. The summed E-state index contributed by atoms with van der Waals surface area (Å²) in [5.74, 6) is 0.627. The molecule has 0 saturated carbocycles. The predicted molar refractivity (Wildman–Crippen MR) is 55.9 cm³/mol. The summed E-state index contributed by atoms with van der Waals surface area (Å²) in [6.45, 7) is 0.885. The first-order chi connectivity index (χ1) is 6.13. The van der Waals surface area contributed by atoms with Gasteiger partial charge in [-0.15, -0.1) is 0 Å². The molecule has 0 amide bonds. The van der Waals surface area contributed by atoms with Crippen LogP contribution in [0.25, 0.3) is 0 Å². The molecule has 0 atom stereocenters. The number of hydrogen-bond donors (Lipinski definition) is 0. The zero-order valence-corrected chi connectivity index (χ0v) is 9.63. The third-order valence-corrected chi connectivity index (χ3v) is 2.12. The second-order valence-electron chi connectivity index (χ2n) is 3.07. The molecule has 0 saturated heterocycles. The van der Waals surface area contributed by atoms with Gasteiger partial charge in [0.2, 0.25) is 5.88 Å². The average Bonchev–Trinajstić information content (AvgIpc) is 2.03. The highest BCUT2D eigenvalue weighted by Gasteiger charge is 2.03. The van der Waals surface area contributed by atoms with Crippen molar-refractivity contribution in [3.05, 3.63) is 22.3 Å². The quantitative estimate of drug-likeness (QED) is 0.813. The molecule has 0 fully saturated rings. The van der Waals surface area contributed by atoms with Crippen molar-refractivity contribution in [3.8, 4) is 5.88 Å². The molecule has 1 heterocycles. The van der Waals surface area contributed by atoms with Gasteiger partial charge in [0.15, 0.2) is 0 Å². The summed E-state index contributed by atoms with van der Waals surface area (Å²) in [5, 5.41) is 0. The van der Waals surface area contributed by atoms with E-state index in [-0.39, 0.29) is 0 Å². The molecule has 0 bridgehead atoms. The number of hydrogen-bond acceptors (Lipinski definition) is 3. The second kappa shape index (κ2) is 4.58. The molecule has 0 N–H and O–H groups in total. The normalized spacial score (nSPS) is 10.5. The summed E-state index contributed by atoms with van der Waals surface area (Å²) in [5.41, 5.74) is 1.16. The van der Waals surface area contributed by atoms with E-state index < -0.39 is 0 Å². The number of pyridine rings is 1. The van der Waals surface area contributed by atoms with Gasteiger partial charge < -0.3 is 9.64 Å². The van der Waals surface area contributed by atoms with Crippen LogP contribution in [0.4, 0.5) is 0 Å². The van der Waals surface area contributed by atoms with Crippen LogP contribution in [0.5, 0.6) is 5.88 Å². The first kappa shape index (κ1) is 10.5. The van der Waals surface area contributed by atoms with E-state index in [2.05, 4.69) is 25.8 Å². The SMILES string of the molecule is COc1ncc(CN(C)C)cc1Br. The van der Waals surface area contributed by atoms with Gasteiger partial charge in [0.05, 0.1) is 11.6 Å². The van der Waals surface area contributed by atoms with Gasteiger partial charge in [0.1, 0.15) is 0 Å². The summed E-state index contributed by atoms with van der Waals surface area (Å²) in [7, 11) is 5.66. The summed E-state index contributed by atoms with van der Waals surface area (Å²) in [6.07, 6.45) is 1.82. The molecule has 0 spiro atoms. The van der Waals surface area contributed by atoms with Gasteiger partial charge in [0.25, 0.3) is 0 Å². The minimum absolute atomic E-state index is 0.627. The lowest BCUT2D eigenvalue weighted by Crippen LogP contribution is -2.10. The fraction of sp³-hybridized carbons (Fsp3) is 0.444. The molecule has 4 heteroatoms. The maximum atomic E-state index is 5.03. The fourth-order valence-electron chi connectivity index (χ4n) is 1.07. The number of methoxy groups -OCH3 is 1. The molecule has 3 nitrogen and oxygen atoms in total. The van der Waals surface area contributed by atoms with Crippen molar-refractivity contribution in [2.75, 3.05) is 21.2 Å². The minimum Gasteiger partial charge on any atom is -0.480 e. The van der Waals surface area contributed by atoms with E-state index in [0.717, 1.165) is 16.6 Å². The first-order valence-corrected chi connectivity index (χ1v) is 4.76. The Bertz CT molecular complexity index is 289. The lowest BCUT2D eigenvalue weighted by atomic mass is 10.3. The highest BCUT2D eigenvalue weighted by molar-refractivity contribution is 9.10. The van der Waals surface area contributed by atoms with Gasteiger partial charge in [-0.3, -0.25) is 0 Å². The van der Waals surface area contributed by atoms with Crippen molar-refractivity contribution in [3.63, 3.8) is 0 Å². The zero-order chi connectivity index (χ0) is 9.84. The van der Waals surface area contributed by atoms with Gasteiger partial charge in [-0.1, -0.05) is 0 Å². The molecule has 13 heavy (non-hydrogen) atoms. The molecule has 0 unspecified atom stereocenters. The molecular formula is C9H13BrN2O. The van der Waals surface area contributed by atoms with Crippen LogP contribution in [0.15, 0.2) is 16.7 Å². The van der Waals surface area contributed by atoms with Crippen molar-refractivity contribution in [1.29, 1.82) is 0 Å². The van der Waals surface area contributed by atoms with E-state index in [0.29, 0.717) is 5.88 Å². The van der Waals surface area contributed by atoms with Gasteiger partial charge in [-0.05, 0) is 41.7 Å². The molecule has 0 aliphatic carbocycles. The molecule has 0 radical (unpaired) electrons. The Labute approximate surface area is 86.9 Å². The Morgan fingerprint density at radius 1 is 1.54 bits per heavy atom. The summed E-state index contributed by atoms with van der Waals surface area (Å²) in [4.78, 5) is 6.25. The topological polar surface area (TPSA) is 25.4 Å². The van der Waals surface area contributed by atoms with Crippen LogP contribution in [0.2, 0.25) is 0 Å². The fourth-order valence-corrected chi connectivity index (χ4v) is 1.63. The smallest absolute Gasteiger partial charge is 0.227 e. The van der Waals surface area contributed by atoms with Crippen LogP contribution < -0.4 is 4.74 Å². The van der Waals surface area contributed by atoms with Crippen molar-refractivity contribution in [2.24, 2.45) is 0 Å². The molecule has 0 aliphatic heterocycles. The maximum Gasteiger partial charge on any atom is 0.227 e. The second-order valence-corrected chi connectivity index (χ2v) is 3.93. The Morgan fingerprint density at radius 2 is 2.23 bits per heavy atom. The molecule has 72 valence electrons. The number of aromatic nitrogens is 1. The Kier molecular flexibility index (Phi) is 3.69. The van der Waals surface area contributed by atoms with E-state index in [1.165, 1.54) is 0 Å². The van der Waals surface area contributed by atoms with Gasteiger partial charge in [-0.2, -0.15) is 0 Å². The van der Waals surface area contributed by atoms with E-state index in [1.54, 1.807) is 7.11 Å². The number of halogens is 1. The summed E-state index contributed by atoms with van der Waals surface area (Å²) < 4.78 is 5.93. The number of ether oxygens (including phenoxy) is 1. The zero-order valence-electron chi connectivity index (χ0n) is 8.04. The molecule has 0 aromatic carbocycles. The lowest BCUT2D eigenvalue weighted by Gasteiger charge is -2.10. The van der Waals surface area contributed by atoms with Crippen molar-refractivity contribution < 1.29 is 4.74 Å². The van der Waals surface area contributed by atoms with Crippen LogP contribution in [0.1, 0.15) is 5.56 Å². The standard InChI is InChI=1S/C9H13BrN2O/c1-12(2)6-7-4-8(10)9(13-3)11-5-7/h4-5H,6H2,1-3H3. The molecular weight excluding hydrogens is 232 g/mol. The molecule has 0 aliphatic rings. The Hall–Kier alpha value is -0.610. The van der Waals surface area contributed by atoms with Crippen LogP contribution >= 0.6 is 15.9 Å². The van der Waals surface area contributed by atoms with Crippen LogP contribution in [0, 0.1) is 0 Å². The van der Waals surface area contributed by atoms with Gasteiger partial charge >= 0.3 is 0 Å². The van der Waals surface area contributed by atoms with E-state index in [4.69, 9.17) is 4.74 Å². The Morgan fingerprint density at radius 3 is 2.69 bits per heavy atom. The van der Waals surface area contributed by atoms with Crippen molar-refractivity contribution in [2.45, 2.75) is 6.54 Å². The molecule has 1 aromatic rings. The van der Waals surface area contributed by atoms with Crippen LogP contribution in [-0.2, 0) is 6.54 Å².